The summed E-state index contributed by atoms with van der Waals surface area (Å²) in [4.78, 5) is 39.5. The molecule has 0 atom stereocenters. The Labute approximate surface area is 227 Å². The molecule has 0 saturated carbocycles. The molecule has 4 amide bonds. The van der Waals surface area contributed by atoms with E-state index in [4.69, 9.17) is 9.47 Å². The standard InChI is InChI=1S/C29H24BrFN2O5/c1-4-7-19-13-18(15-25(37-3)26(19)38-16-20-8-5-6-9-24(20)31)14-22-27(34)32-29(36)33(28(22)35)21-10-11-23(30)17(2)12-21/h4-6,8-15H,1,7,16H2,2-3H3,(H,32,34,36)/b22-14+. The van der Waals surface area contributed by atoms with E-state index >= 15 is 0 Å². The minimum atomic E-state index is -0.833. The second-order valence-electron chi connectivity index (χ2n) is 8.48. The Bertz CT molecular complexity index is 1480. The minimum absolute atomic E-state index is 0.0296. The number of ether oxygens (including phenoxy) is 2. The molecule has 4 rings (SSSR count). The van der Waals surface area contributed by atoms with Crippen LogP contribution in [-0.4, -0.2) is 25.0 Å². The number of halogens is 2. The number of carbonyl (C=O) groups is 3. The van der Waals surface area contributed by atoms with Crippen LogP contribution in [0.15, 0.2) is 77.3 Å². The lowest BCUT2D eigenvalue weighted by molar-refractivity contribution is -0.122. The van der Waals surface area contributed by atoms with Gasteiger partial charge in [0.05, 0.1) is 12.8 Å². The molecule has 0 radical (unpaired) electrons. The number of hydrogen-bond acceptors (Lipinski definition) is 5. The molecule has 0 bridgehead atoms. The fourth-order valence-corrected chi connectivity index (χ4v) is 4.23. The third-order valence-corrected chi connectivity index (χ3v) is 6.77. The molecule has 7 nitrogen and oxygen atoms in total. The van der Waals surface area contributed by atoms with Gasteiger partial charge in [-0.3, -0.25) is 14.9 Å². The van der Waals surface area contributed by atoms with E-state index in [1.165, 1.54) is 19.3 Å². The summed E-state index contributed by atoms with van der Waals surface area (Å²) in [5, 5.41) is 2.23. The molecule has 38 heavy (non-hydrogen) atoms. The van der Waals surface area contributed by atoms with Crippen LogP contribution in [0.1, 0.15) is 22.3 Å². The van der Waals surface area contributed by atoms with E-state index in [9.17, 15) is 18.8 Å². The highest BCUT2D eigenvalue weighted by Crippen LogP contribution is 2.35. The Morgan fingerprint density at radius 2 is 1.84 bits per heavy atom. The summed E-state index contributed by atoms with van der Waals surface area (Å²) in [7, 11) is 1.45. The molecular formula is C29H24BrFN2O5. The van der Waals surface area contributed by atoms with Crippen molar-refractivity contribution < 1.29 is 28.2 Å². The van der Waals surface area contributed by atoms with Crippen LogP contribution in [0.5, 0.6) is 11.5 Å². The summed E-state index contributed by atoms with van der Waals surface area (Å²) in [6.45, 7) is 5.58. The summed E-state index contributed by atoms with van der Waals surface area (Å²) in [6, 6.07) is 13.8. The van der Waals surface area contributed by atoms with Crippen molar-refractivity contribution in [3.05, 3.63) is 105 Å². The van der Waals surface area contributed by atoms with Gasteiger partial charge in [-0.1, -0.05) is 40.2 Å². The number of benzene rings is 3. The average molecular weight is 579 g/mol. The summed E-state index contributed by atoms with van der Waals surface area (Å²) in [5.74, 6) is -1.24. The third-order valence-electron chi connectivity index (χ3n) is 5.88. The summed E-state index contributed by atoms with van der Waals surface area (Å²) >= 11 is 3.40. The molecule has 9 heteroatoms. The SMILES string of the molecule is C=CCc1cc(/C=C2\C(=O)NC(=O)N(c3ccc(Br)c(C)c3)C2=O)cc(OC)c1OCc1ccccc1F. The molecule has 0 aromatic heterocycles. The van der Waals surface area contributed by atoms with E-state index in [1.54, 1.807) is 54.6 Å². The first-order valence-corrected chi connectivity index (χ1v) is 12.4. The molecule has 0 unspecified atom stereocenters. The smallest absolute Gasteiger partial charge is 0.335 e. The lowest BCUT2D eigenvalue weighted by Gasteiger charge is -2.27. The van der Waals surface area contributed by atoms with Crippen molar-refractivity contribution in [2.75, 3.05) is 12.0 Å². The van der Waals surface area contributed by atoms with Gasteiger partial charge in [0.1, 0.15) is 18.0 Å². The molecule has 0 aliphatic carbocycles. The maximum absolute atomic E-state index is 14.1. The van der Waals surface area contributed by atoms with Gasteiger partial charge < -0.3 is 9.47 Å². The van der Waals surface area contributed by atoms with Crippen molar-refractivity contribution >= 4 is 45.5 Å². The number of nitrogens with zero attached hydrogens (tertiary/aromatic N) is 1. The Hall–Kier alpha value is -4.24. The van der Waals surface area contributed by atoms with Gasteiger partial charge in [-0.25, -0.2) is 14.1 Å². The van der Waals surface area contributed by atoms with Gasteiger partial charge >= 0.3 is 6.03 Å². The Kier molecular flexibility index (Phi) is 8.07. The van der Waals surface area contributed by atoms with Crippen molar-refractivity contribution in [2.24, 2.45) is 0 Å². The number of urea groups is 1. The number of anilines is 1. The molecule has 0 spiro atoms. The zero-order chi connectivity index (χ0) is 27.4. The third kappa shape index (κ3) is 5.52. The highest BCUT2D eigenvalue weighted by Gasteiger charge is 2.37. The molecule has 1 aliphatic heterocycles. The molecule has 1 fully saturated rings. The van der Waals surface area contributed by atoms with Crippen molar-refractivity contribution in [3.8, 4) is 11.5 Å². The number of rotatable bonds is 8. The van der Waals surface area contributed by atoms with Gasteiger partial charge in [-0.2, -0.15) is 0 Å². The van der Waals surface area contributed by atoms with Crippen LogP contribution >= 0.6 is 15.9 Å². The molecule has 1 saturated heterocycles. The highest BCUT2D eigenvalue weighted by molar-refractivity contribution is 9.10. The predicted molar refractivity (Wildman–Crippen MR) is 146 cm³/mol. The van der Waals surface area contributed by atoms with E-state index in [0.717, 1.165) is 14.9 Å². The topological polar surface area (TPSA) is 84.9 Å². The molecule has 194 valence electrons. The van der Waals surface area contributed by atoms with Crippen molar-refractivity contribution in [3.63, 3.8) is 0 Å². The predicted octanol–water partition coefficient (Wildman–Crippen LogP) is 5.88. The second-order valence-corrected chi connectivity index (χ2v) is 9.33. The number of nitrogens with one attached hydrogen (secondary N) is 1. The number of hydrogen-bond donors (Lipinski definition) is 1. The number of allylic oxidation sites excluding steroid dienone is 1. The van der Waals surface area contributed by atoms with Crippen molar-refractivity contribution in [1.82, 2.24) is 5.32 Å². The number of imide groups is 2. The molecule has 3 aromatic rings. The van der Waals surface area contributed by atoms with Gasteiger partial charge in [0.15, 0.2) is 11.5 Å². The van der Waals surface area contributed by atoms with Gasteiger partial charge in [0.2, 0.25) is 0 Å². The zero-order valence-corrected chi connectivity index (χ0v) is 22.3. The Morgan fingerprint density at radius 1 is 1.08 bits per heavy atom. The number of barbiturate groups is 1. The zero-order valence-electron chi connectivity index (χ0n) is 20.7. The first kappa shape index (κ1) is 26.8. The number of methoxy groups -OCH3 is 1. The Balaban J connectivity index is 1.71. The van der Waals surface area contributed by atoms with Gasteiger partial charge in [-0.05, 0) is 66.9 Å². The molecule has 1 heterocycles. The monoisotopic (exact) mass is 578 g/mol. The quantitative estimate of drug-likeness (QED) is 0.205. The average Bonchev–Trinajstić information content (AvgIpc) is 2.88. The lowest BCUT2D eigenvalue weighted by Crippen LogP contribution is -2.54. The van der Waals surface area contributed by atoms with Crippen LogP contribution in [0, 0.1) is 12.7 Å². The summed E-state index contributed by atoms with van der Waals surface area (Å²) < 4.78 is 26.4. The van der Waals surface area contributed by atoms with Crippen LogP contribution in [0.4, 0.5) is 14.9 Å². The second kappa shape index (κ2) is 11.4. The van der Waals surface area contributed by atoms with Crippen molar-refractivity contribution in [1.29, 1.82) is 0 Å². The highest BCUT2D eigenvalue weighted by atomic mass is 79.9. The fourth-order valence-electron chi connectivity index (χ4n) is 3.98. The van der Waals surface area contributed by atoms with E-state index in [-0.39, 0.29) is 18.0 Å². The Morgan fingerprint density at radius 3 is 2.53 bits per heavy atom. The van der Waals surface area contributed by atoms with Crippen LogP contribution in [0.25, 0.3) is 6.08 Å². The van der Waals surface area contributed by atoms with Crippen LogP contribution in [-0.2, 0) is 22.6 Å². The number of carbonyl (C=O) groups excluding carboxylic acids is 3. The van der Waals surface area contributed by atoms with Crippen molar-refractivity contribution in [2.45, 2.75) is 20.0 Å². The lowest BCUT2D eigenvalue weighted by atomic mass is 10.0. The summed E-state index contributed by atoms with van der Waals surface area (Å²) in [5.41, 5.74) is 2.42. The number of aryl methyl sites for hydroxylation is 1. The van der Waals surface area contributed by atoms with E-state index < -0.39 is 17.8 Å². The summed E-state index contributed by atoms with van der Waals surface area (Å²) in [6.07, 6.45) is 3.43. The van der Waals surface area contributed by atoms with Crippen LogP contribution < -0.4 is 19.7 Å². The van der Waals surface area contributed by atoms with E-state index in [2.05, 4.69) is 27.8 Å². The minimum Gasteiger partial charge on any atom is -0.493 e. The first-order chi connectivity index (χ1) is 18.2. The maximum atomic E-state index is 14.1. The van der Waals surface area contributed by atoms with Gasteiger partial charge in [0, 0.05) is 15.6 Å². The largest absolute Gasteiger partial charge is 0.493 e. The molecule has 1 N–H and O–H groups in total. The first-order valence-electron chi connectivity index (χ1n) is 11.6. The molecular weight excluding hydrogens is 555 g/mol. The van der Waals surface area contributed by atoms with Crippen LogP contribution in [0.2, 0.25) is 0 Å². The molecule has 3 aromatic carbocycles. The van der Waals surface area contributed by atoms with E-state index in [0.29, 0.717) is 40.3 Å². The number of amides is 4. The maximum Gasteiger partial charge on any atom is 0.335 e. The van der Waals surface area contributed by atoms with Gasteiger partial charge in [-0.15, -0.1) is 6.58 Å². The molecule has 1 aliphatic rings. The fraction of sp³-hybridized carbons (Fsp3) is 0.138. The van der Waals surface area contributed by atoms with E-state index in [1.807, 2.05) is 6.92 Å². The van der Waals surface area contributed by atoms with Crippen LogP contribution in [0.3, 0.4) is 0 Å². The van der Waals surface area contributed by atoms with Gasteiger partial charge in [0.25, 0.3) is 11.8 Å². The normalized spacial score (nSPS) is 14.5.